The second-order valence-corrected chi connectivity index (χ2v) is 7.35. The zero-order chi connectivity index (χ0) is 20.0. The van der Waals surface area contributed by atoms with Crippen molar-refractivity contribution in [3.05, 3.63) is 63.5 Å². The van der Waals surface area contributed by atoms with Crippen molar-refractivity contribution < 1.29 is 9.18 Å². The van der Waals surface area contributed by atoms with E-state index in [0.717, 1.165) is 11.8 Å². The third-order valence-corrected chi connectivity index (χ3v) is 5.68. The lowest BCUT2D eigenvalue weighted by Gasteiger charge is -2.36. The Kier molecular flexibility index (Phi) is 4.76. The van der Waals surface area contributed by atoms with Crippen LogP contribution >= 0.6 is 23.2 Å². The standard InChI is InChI=1S/C18H15Cl2FN6O/c1-9-8-26(18(28)11-3-4-12(21)15(20)14(11)19)10(2)16-17(9)27(25-24-16)13-7-22-5-6-23-13/h3-7,9-10H,8H2,1-2H3/t9?,10-/m0/s1. The Morgan fingerprint density at radius 2 is 2.00 bits per heavy atom. The average Bonchev–Trinajstić information content (AvgIpc) is 3.15. The second-order valence-electron chi connectivity index (χ2n) is 6.59. The molecule has 0 saturated carbocycles. The van der Waals surface area contributed by atoms with Crippen LogP contribution < -0.4 is 0 Å². The van der Waals surface area contributed by atoms with Gasteiger partial charge in [0.15, 0.2) is 5.82 Å². The van der Waals surface area contributed by atoms with E-state index in [9.17, 15) is 9.18 Å². The zero-order valence-electron chi connectivity index (χ0n) is 15.0. The Balaban J connectivity index is 1.72. The van der Waals surface area contributed by atoms with Crippen LogP contribution in [0, 0.1) is 5.82 Å². The molecule has 1 amide bonds. The fourth-order valence-corrected chi connectivity index (χ4v) is 3.82. The van der Waals surface area contributed by atoms with Crippen molar-refractivity contribution in [1.82, 2.24) is 29.9 Å². The fraction of sp³-hybridized carbons (Fsp3) is 0.278. The van der Waals surface area contributed by atoms with E-state index in [1.807, 2.05) is 13.8 Å². The van der Waals surface area contributed by atoms with Crippen LogP contribution in [-0.4, -0.2) is 42.3 Å². The van der Waals surface area contributed by atoms with Gasteiger partial charge in [-0.25, -0.2) is 9.37 Å². The Morgan fingerprint density at radius 1 is 1.21 bits per heavy atom. The molecule has 1 aliphatic rings. The summed E-state index contributed by atoms with van der Waals surface area (Å²) < 4.78 is 15.2. The minimum Gasteiger partial charge on any atom is -0.329 e. The molecule has 0 radical (unpaired) electrons. The highest BCUT2D eigenvalue weighted by Crippen LogP contribution is 2.37. The molecule has 1 aliphatic heterocycles. The highest BCUT2D eigenvalue weighted by atomic mass is 35.5. The zero-order valence-corrected chi connectivity index (χ0v) is 16.5. The number of benzene rings is 1. The molecule has 3 aromatic rings. The van der Waals surface area contributed by atoms with Gasteiger partial charge in [-0.3, -0.25) is 9.78 Å². The topological polar surface area (TPSA) is 76.8 Å². The Bertz CT molecular complexity index is 1060. The first-order valence-electron chi connectivity index (χ1n) is 8.56. The molecule has 0 bridgehead atoms. The van der Waals surface area contributed by atoms with Gasteiger partial charge in [-0.1, -0.05) is 35.3 Å². The van der Waals surface area contributed by atoms with Gasteiger partial charge >= 0.3 is 0 Å². The monoisotopic (exact) mass is 420 g/mol. The van der Waals surface area contributed by atoms with E-state index >= 15 is 0 Å². The summed E-state index contributed by atoms with van der Waals surface area (Å²) in [5.74, 6) is -0.520. The molecular formula is C18H15Cl2FN6O. The number of amides is 1. The lowest BCUT2D eigenvalue weighted by molar-refractivity contribution is 0.0653. The summed E-state index contributed by atoms with van der Waals surface area (Å²) in [5.41, 5.74) is 1.69. The summed E-state index contributed by atoms with van der Waals surface area (Å²) in [5, 5.41) is 8.12. The molecular weight excluding hydrogens is 406 g/mol. The van der Waals surface area contributed by atoms with Gasteiger partial charge in [-0.15, -0.1) is 5.10 Å². The van der Waals surface area contributed by atoms with Gasteiger partial charge in [0.05, 0.1) is 33.5 Å². The fourth-order valence-electron chi connectivity index (χ4n) is 3.42. The third-order valence-electron chi connectivity index (χ3n) is 4.83. The van der Waals surface area contributed by atoms with Crippen molar-refractivity contribution in [1.29, 1.82) is 0 Å². The van der Waals surface area contributed by atoms with Gasteiger partial charge in [-0.2, -0.15) is 4.68 Å². The third kappa shape index (κ3) is 2.93. The van der Waals surface area contributed by atoms with Crippen LogP contribution in [0.25, 0.3) is 5.82 Å². The molecule has 2 atom stereocenters. The van der Waals surface area contributed by atoms with E-state index in [2.05, 4.69) is 20.3 Å². The maximum absolute atomic E-state index is 13.6. The van der Waals surface area contributed by atoms with Crippen molar-refractivity contribution in [2.75, 3.05) is 6.54 Å². The van der Waals surface area contributed by atoms with E-state index in [4.69, 9.17) is 23.2 Å². The van der Waals surface area contributed by atoms with Crippen LogP contribution in [0.1, 0.15) is 47.6 Å². The number of nitrogens with zero attached hydrogens (tertiary/aromatic N) is 6. The quantitative estimate of drug-likeness (QED) is 0.588. The molecule has 0 saturated heterocycles. The highest BCUT2D eigenvalue weighted by Gasteiger charge is 2.37. The molecule has 28 heavy (non-hydrogen) atoms. The lowest BCUT2D eigenvalue weighted by Crippen LogP contribution is -2.41. The highest BCUT2D eigenvalue weighted by molar-refractivity contribution is 6.44. The summed E-state index contributed by atoms with van der Waals surface area (Å²) in [6, 6.07) is 2.12. The van der Waals surface area contributed by atoms with E-state index in [1.54, 1.807) is 28.2 Å². The largest absolute Gasteiger partial charge is 0.329 e. The molecule has 144 valence electrons. The maximum Gasteiger partial charge on any atom is 0.256 e. The first-order chi connectivity index (χ1) is 13.4. The number of halogens is 3. The van der Waals surface area contributed by atoms with E-state index in [1.165, 1.54) is 6.07 Å². The summed E-state index contributed by atoms with van der Waals surface area (Å²) in [6.07, 6.45) is 4.76. The van der Waals surface area contributed by atoms with Crippen molar-refractivity contribution in [3.8, 4) is 5.82 Å². The van der Waals surface area contributed by atoms with Crippen molar-refractivity contribution in [2.45, 2.75) is 25.8 Å². The molecule has 0 N–H and O–H groups in total. The molecule has 2 aromatic heterocycles. The minimum atomic E-state index is -0.669. The summed E-state index contributed by atoms with van der Waals surface area (Å²) >= 11 is 12.0. The predicted molar refractivity (Wildman–Crippen MR) is 101 cm³/mol. The Labute approximate surface area is 170 Å². The van der Waals surface area contributed by atoms with Gasteiger partial charge < -0.3 is 4.90 Å². The van der Waals surface area contributed by atoms with E-state index < -0.39 is 5.82 Å². The normalized spacial score (nSPS) is 18.8. The van der Waals surface area contributed by atoms with Gasteiger partial charge in [0.25, 0.3) is 5.91 Å². The number of hydrogen-bond donors (Lipinski definition) is 0. The van der Waals surface area contributed by atoms with Gasteiger partial charge in [0.1, 0.15) is 11.5 Å². The first-order valence-corrected chi connectivity index (χ1v) is 9.32. The molecule has 7 nitrogen and oxygen atoms in total. The molecule has 3 heterocycles. The average molecular weight is 421 g/mol. The van der Waals surface area contributed by atoms with Crippen LogP contribution in [0.5, 0.6) is 0 Å². The van der Waals surface area contributed by atoms with E-state index in [0.29, 0.717) is 18.1 Å². The van der Waals surface area contributed by atoms with Gasteiger partial charge in [0.2, 0.25) is 0 Å². The molecule has 0 spiro atoms. The molecule has 4 rings (SSSR count). The van der Waals surface area contributed by atoms with Crippen molar-refractivity contribution in [3.63, 3.8) is 0 Å². The van der Waals surface area contributed by atoms with Gasteiger partial charge in [-0.05, 0) is 19.1 Å². The van der Waals surface area contributed by atoms with Crippen molar-refractivity contribution in [2.24, 2.45) is 0 Å². The number of fused-ring (bicyclic) bond motifs is 1. The minimum absolute atomic E-state index is 0.0677. The second kappa shape index (κ2) is 7.10. The van der Waals surface area contributed by atoms with E-state index in [-0.39, 0.29) is 33.5 Å². The molecule has 1 aromatic carbocycles. The van der Waals surface area contributed by atoms with Crippen LogP contribution in [0.3, 0.4) is 0 Å². The maximum atomic E-state index is 13.6. The Morgan fingerprint density at radius 3 is 2.71 bits per heavy atom. The number of carbonyl (C=O) groups is 1. The van der Waals surface area contributed by atoms with Crippen LogP contribution in [0.4, 0.5) is 4.39 Å². The first kappa shape index (κ1) is 18.8. The molecule has 1 unspecified atom stereocenters. The Hall–Kier alpha value is -2.58. The van der Waals surface area contributed by atoms with Crippen LogP contribution in [0.2, 0.25) is 10.0 Å². The number of rotatable bonds is 2. The summed E-state index contributed by atoms with van der Waals surface area (Å²) in [6.45, 7) is 4.24. The number of aromatic nitrogens is 5. The lowest BCUT2D eigenvalue weighted by atomic mass is 9.94. The summed E-state index contributed by atoms with van der Waals surface area (Å²) in [7, 11) is 0. The SMILES string of the molecule is CC1CN(C(=O)c2ccc(F)c(Cl)c2Cl)[C@@H](C)c2nnn(-c3cnccn3)c21. The molecule has 10 heteroatoms. The molecule has 0 aliphatic carbocycles. The number of hydrogen-bond acceptors (Lipinski definition) is 5. The summed E-state index contributed by atoms with van der Waals surface area (Å²) in [4.78, 5) is 23.1. The predicted octanol–water partition coefficient (Wildman–Crippen LogP) is 3.82. The smallest absolute Gasteiger partial charge is 0.256 e. The van der Waals surface area contributed by atoms with Gasteiger partial charge in [0, 0.05) is 24.9 Å². The molecule has 0 fully saturated rings. The van der Waals surface area contributed by atoms with Crippen LogP contribution in [-0.2, 0) is 0 Å². The van der Waals surface area contributed by atoms with Crippen molar-refractivity contribution >= 4 is 29.1 Å². The number of carbonyl (C=O) groups excluding carboxylic acids is 1. The van der Waals surface area contributed by atoms with Crippen LogP contribution in [0.15, 0.2) is 30.7 Å².